The number of terminal acetylenes is 1. The van der Waals surface area contributed by atoms with Crippen molar-refractivity contribution in [2.24, 2.45) is 0 Å². The highest BCUT2D eigenvalue weighted by Crippen LogP contribution is 2.07. The molecule has 0 fully saturated rings. The number of aryl methyl sites for hydroxylation is 1. The lowest BCUT2D eigenvalue weighted by Gasteiger charge is -1.89. The number of phenols is 1. The molecule has 0 aliphatic heterocycles. The third kappa shape index (κ3) is 2.78. The fourth-order valence-corrected chi connectivity index (χ4v) is 0.545. The molecule has 0 amide bonds. The molecule has 0 radical (unpaired) electrons. The quantitative estimate of drug-likeness (QED) is 0.538. The Bertz CT molecular complexity index is 175. The second-order valence-corrected chi connectivity index (χ2v) is 1.84. The Labute approximate surface area is 61.3 Å². The summed E-state index contributed by atoms with van der Waals surface area (Å²) in [7, 11) is 0. The van der Waals surface area contributed by atoms with Crippen molar-refractivity contribution in [2.75, 3.05) is 0 Å². The number of hydrogen-bond donors (Lipinski definition) is 1. The van der Waals surface area contributed by atoms with Crippen LogP contribution in [0.5, 0.6) is 5.75 Å². The van der Waals surface area contributed by atoms with E-state index in [2.05, 4.69) is 12.8 Å². The van der Waals surface area contributed by atoms with Crippen molar-refractivity contribution in [1.29, 1.82) is 0 Å². The van der Waals surface area contributed by atoms with Crippen LogP contribution >= 0.6 is 0 Å². The summed E-state index contributed by atoms with van der Waals surface area (Å²) in [6, 6.07) is 7.09. The van der Waals surface area contributed by atoms with Crippen molar-refractivity contribution >= 4 is 0 Å². The maximum absolute atomic E-state index is 8.76. The van der Waals surface area contributed by atoms with E-state index in [9.17, 15) is 0 Å². The van der Waals surface area contributed by atoms with E-state index in [-0.39, 0.29) is 0 Å². The van der Waals surface area contributed by atoms with E-state index < -0.39 is 0 Å². The normalized spacial score (nSPS) is 7.50. The van der Waals surface area contributed by atoms with Crippen molar-refractivity contribution in [3.8, 4) is 18.6 Å². The standard InChI is InChI=1S/C7H8O.C2H2/c1-6-2-4-7(8)5-3-6;1-2/h2-5,8H,1H3;1-2H. The van der Waals surface area contributed by atoms with Crippen LogP contribution in [0.2, 0.25) is 0 Å². The van der Waals surface area contributed by atoms with Crippen molar-refractivity contribution in [3.63, 3.8) is 0 Å². The molecule has 1 aromatic rings. The number of hydrogen-bond acceptors (Lipinski definition) is 1. The molecule has 1 aromatic carbocycles. The molecule has 10 heavy (non-hydrogen) atoms. The highest BCUT2D eigenvalue weighted by Gasteiger charge is 1.82. The number of benzene rings is 1. The van der Waals surface area contributed by atoms with Crippen molar-refractivity contribution in [3.05, 3.63) is 29.8 Å². The van der Waals surface area contributed by atoms with Gasteiger partial charge in [0.15, 0.2) is 0 Å². The second-order valence-electron chi connectivity index (χ2n) is 1.84. The predicted octanol–water partition coefficient (Wildman–Crippen LogP) is 1.95. The Morgan fingerprint density at radius 3 is 1.80 bits per heavy atom. The molecule has 0 atom stereocenters. The fourth-order valence-electron chi connectivity index (χ4n) is 0.545. The number of phenolic OH excluding ortho intramolecular Hbond substituents is 1. The summed E-state index contributed by atoms with van der Waals surface area (Å²) < 4.78 is 0. The lowest BCUT2D eigenvalue weighted by atomic mass is 10.2. The van der Waals surface area contributed by atoms with Gasteiger partial charge in [-0.15, -0.1) is 12.8 Å². The van der Waals surface area contributed by atoms with Gasteiger partial charge in [-0.25, -0.2) is 0 Å². The van der Waals surface area contributed by atoms with E-state index in [1.807, 2.05) is 19.1 Å². The zero-order valence-electron chi connectivity index (χ0n) is 5.91. The lowest BCUT2D eigenvalue weighted by Crippen LogP contribution is -1.66. The molecule has 0 aliphatic rings. The average Bonchev–Trinajstić information content (AvgIpc) is 2.00. The van der Waals surface area contributed by atoms with Crippen molar-refractivity contribution < 1.29 is 5.11 Å². The smallest absolute Gasteiger partial charge is 0.115 e. The van der Waals surface area contributed by atoms with E-state index in [0.717, 1.165) is 0 Å². The van der Waals surface area contributed by atoms with Gasteiger partial charge >= 0.3 is 0 Å². The van der Waals surface area contributed by atoms with Crippen LogP contribution in [0.4, 0.5) is 0 Å². The molecule has 0 aromatic heterocycles. The first-order chi connectivity index (χ1) is 4.79. The minimum Gasteiger partial charge on any atom is -0.508 e. The zero-order chi connectivity index (χ0) is 7.98. The second kappa shape index (κ2) is 4.46. The van der Waals surface area contributed by atoms with Crippen LogP contribution < -0.4 is 0 Å². The average molecular weight is 134 g/mol. The molecule has 1 nitrogen and oxygen atoms in total. The molecule has 52 valence electrons. The summed E-state index contributed by atoms with van der Waals surface area (Å²) in [4.78, 5) is 0. The Balaban J connectivity index is 0.000000371. The predicted molar refractivity (Wildman–Crippen MR) is 42.7 cm³/mol. The van der Waals surface area contributed by atoms with Gasteiger partial charge in [0, 0.05) is 0 Å². The van der Waals surface area contributed by atoms with Crippen LogP contribution in [0.3, 0.4) is 0 Å². The Morgan fingerprint density at radius 2 is 1.50 bits per heavy atom. The Kier molecular flexibility index (Phi) is 3.83. The third-order valence-electron chi connectivity index (χ3n) is 1.03. The molecule has 1 N–H and O–H groups in total. The van der Waals surface area contributed by atoms with Crippen LogP contribution in [0.1, 0.15) is 5.56 Å². The van der Waals surface area contributed by atoms with Crippen LogP contribution in [0.15, 0.2) is 24.3 Å². The van der Waals surface area contributed by atoms with Crippen LogP contribution in [-0.2, 0) is 0 Å². The highest BCUT2D eigenvalue weighted by molar-refractivity contribution is 5.24. The molecular formula is C9H10O. The van der Waals surface area contributed by atoms with Gasteiger partial charge in [-0.1, -0.05) is 17.7 Å². The SMILES string of the molecule is C#C.Cc1ccc(O)cc1. The van der Waals surface area contributed by atoms with Crippen molar-refractivity contribution in [2.45, 2.75) is 6.92 Å². The van der Waals surface area contributed by atoms with Gasteiger partial charge in [-0.05, 0) is 19.1 Å². The van der Waals surface area contributed by atoms with Crippen molar-refractivity contribution in [1.82, 2.24) is 0 Å². The van der Waals surface area contributed by atoms with Gasteiger partial charge < -0.3 is 5.11 Å². The van der Waals surface area contributed by atoms with Gasteiger partial charge in [0.25, 0.3) is 0 Å². The van der Waals surface area contributed by atoms with Gasteiger partial charge in [0.2, 0.25) is 0 Å². The first-order valence-corrected chi connectivity index (χ1v) is 2.88. The van der Waals surface area contributed by atoms with E-state index in [1.54, 1.807) is 12.1 Å². The molecule has 0 bridgehead atoms. The third-order valence-corrected chi connectivity index (χ3v) is 1.03. The molecule has 0 spiro atoms. The Morgan fingerprint density at radius 1 is 1.10 bits per heavy atom. The molecule has 1 rings (SSSR count). The fraction of sp³-hybridized carbons (Fsp3) is 0.111. The van der Waals surface area contributed by atoms with Gasteiger partial charge in [-0.2, -0.15) is 0 Å². The summed E-state index contributed by atoms with van der Waals surface area (Å²) in [5, 5.41) is 8.76. The highest BCUT2D eigenvalue weighted by atomic mass is 16.3. The first-order valence-electron chi connectivity index (χ1n) is 2.88. The molecule has 0 saturated heterocycles. The molecule has 0 aliphatic carbocycles. The van der Waals surface area contributed by atoms with E-state index in [1.165, 1.54) is 5.56 Å². The molecule has 0 saturated carbocycles. The first kappa shape index (κ1) is 8.58. The van der Waals surface area contributed by atoms with Gasteiger partial charge in [0.05, 0.1) is 0 Å². The zero-order valence-corrected chi connectivity index (χ0v) is 5.91. The molecule has 0 unspecified atom stereocenters. The number of rotatable bonds is 0. The lowest BCUT2D eigenvalue weighted by molar-refractivity contribution is 0.475. The van der Waals surface area contributed by atoms with Crippen LogP contribution in [-0.4, -0.2) is 5.11 Å². The largest absolute Gasteiger partial charge is 0.508 e. The van der Waals surface area contributed by atoms with Gasteiger partial charge in [0.1, 0.15) is 5.75 Å². The summed E-state index contributed by atoms with van der Waals surface area (Å²) in [6.45, 7) is 1.99. The molecule has 1 heteroatoms. The maximum atomic E-state index is 8.76. The minimum atomic E-state index is 0.329. The van der Waals surface area contributed by atoms with E-state index in [0.29, 0.717) is 5.75 Å². The summed E-state index contributed by atoms with van der Waals surface area (Å²) in [5.74, 6) is 0.329. The van der Waals surface area contributed by atoms with E-state index in [4.69, 9.17) is 5.11 Å². The van der Waals surface area contributed by atoms with Crippen LogP contribution in [0.25, 0.3) is 0 Å². The van der Waals surface area contributed by atoms with Crippen LogP contribution in [0, 0.1) is 19.8 Å². The van der Waals surface area contributed by atoms with Gasteiger partial charge in [-0.3, -0.25) is 0 Å². The molecular weight excluding hydrogens is 124 g/mol. The topological polar surface area (TPSA) is 20.2 Å². The summed E-state index contributed by atoms with van der Waals surface area (Å²) >= 11 is 0. The minimum absolute atomic E-state index is 0.329. The number of aromatic hydroxyl groups is 1. The monoisotopic (exact) mass is 134 g/mol. The summed E-state index contributed by atoms with van der Waals surface area (Å²) in [5.41, 5.74) is 1.17. The van der Waals surface area contributed by atoms with E-state index >= 15 is 0 Å². The maximum Gasteiger partial charge on any atom is 0.115 e. The Hall–Kier alpha value is -1.42. The molecule has 0 heterocycles. The summed E-state index contributed by atoms with van der Waals surface area (Å²) in [6.07, 6.45) is 8.00.